The van der Waals surface area contributed by atoms with Crippen molar-refractivity contribution in [3.63, 3.8) is 0 Å². The lowest BCUT2D eigenvalue weighted by molar-refractivity contribution is -0.118. The highest BCUT2D eigenvalue weighted by Gasteiger charge is 2.33. The van der Waals surface area contributed by atoms with Gasteiger partial charge >= 0.3 is 0 Å². The number of rotatable bonds is 4. The molecule has 1 aliphatic rings. The number of H-pyrrole nitrogens is 1. The summed E-state index contributed by atoms with van der Waals surface area (Å²) in [5, 5.41) is 13.4. The van der Waals surface area contributed by atoms with Crippen molar-refractivity contribution >= 4 is 12.0 Å². The quantitative estimate of drug-likeness (QED) is 0.731. The fourth-order valence-electron chi connectivity index (χ4n) is 2.86. The molecule has 0 bridgehead atoms. The van der Waals surface area contributed by atoms with E-state index in [2.05, 4.69) is 20.3 Å². The first-order chi connectivity index (χ1) is 10.7. The molecule has 7 heteroatoms. The van der Waals surface area contributed by atoms with E-state index in [-0.39, 0.29) is 18.0 Å². The molecule has 2 heterocycles. The van der Waals surface area contributed by atoms with Crippen LogP contribution in [0, 0.1) is 0 Å². The summed E-state index contributed by atoms with van der Waals surface area (Å²) in [6.07, 6.45) is 13.5. The van der Waals surface area contributed by atoms with Crippen LogP contribution in [0.3, 0.4) is 0 Å². The zero-order chi connectivity index (χ0) is 15.4. The van der Waals surface area contributed by atoms with E-state index >= 15 is 0 Å². The predicted octanol–water partition coefficient (Wildman–Crippen LogP) is 0.890. The van der Waals surface area contributed by atoms with E-state index in [1.165, 1.54) is 6.08 Å². The maximum absolute atomic E-state index is 12.0. The number of imidazole rings is 2. The lowest BCUT2D eigenvalue weighted by Crippen LogP contribution is -2.48. The molecule has 3 N–H and O–H groups in total. The van der Waals surface area contributed by atoms with Gasteiger partial charge in [-0.15, -0.1) is 0 Å². The first-order valence-corrected chi connectivity index (χ1v) is 7.36. The molecular formula is C15H19N5O2. The van der Waals surface area contributed by atoms with Crippen LogP contribution >= 0.6 is 0 Å². The van der Waals surface area contributed by atoms with Gasteiger partial charge in [0.1, 0.15) is 0 Å². The molecule has 0 aromatic carbocycles. The van der Waals surface area contributed by atoms with Crippen molar-refractivity contribution in [1.29, 1.82) is 0 Å². The highest BCUT2D eigenvalue weighted by molar-refractivity contribution is 5.91. The van der Waals surface area contributed by atoms with Crippen LogP contribution in [0.25, 0.3) is 6.08 Å². The second-order valence-electron chi connectivity index (χ2n) is 5.45. The summed E-state index contributed by atoms with van der Waals surface area (Å²) in [7, 11) is 0. The molecule has 0 saturated heterocycles. The Balaban J connectivity index is 1.60. The zero-order valence-corrected chi connectivity index (χ0v) is 12.1. The molecule has 116 valence electrons. The van der Waals surface area contributed by atoms with Gasteiger partial charge in [-0.2, -0.15) is 0 Å². The van der Waals surface area contributed by atoms with Gasteiger partial charge in [-0.05, 0) is 25.3 Å². The molecule has 0 radical (unpaired) electrons. The molecule has 1 saturated carbocycles. The highest BCUT2D eigenvalue weighted by atomic mass is 16.3. The van der Waals surface area contributed by atoms with Gasteiger partial charge in [-0.3, -0.25) is 4.79 Å². The van der Waals surface area contributed by atoms with E-state index in [9.17, 15) is 9.90 Å². The normalized spacial score (nSPS) is 25.4. The largest absolute Gasteiger partial charge is 0.389 e. The maximum Gasteiger partial charge on any atom is 0.244 e. The number of carbonyl (C=O) groups is 1. The average molecular weight is 301 g/mol. The second kappa shape index (κ2) is 6.57. The lowest BCUT2D eigenvalue weighted by atomic mass is 9.88. The van der Waals surface area contributed by atoms with Gasteiger partial charge < -0.3 is 20.0 Å². The average Bonchev–Trinajstić information content (AvgIpc) is 3.20. The van der Waals surface area contributed by atoms with Crippen molar-refractivity contribution in [3.8, 4) is 0 Å². The number of aromatic amines is 1. The predicted molar refractivity (Wildman–Crippen MR) is 80.7 cm³/mol. The third kappa shape index (κ3) is 3.25. The molecule has 3 rings (SSSR count). The monoisotopic (exact) mass is 301 g/mol. The van der Waals surface area contributed by atoms with Crippen LogP contribution in [0.2, 0.25) is 0 Å². The molecule has 2 aromatic rings. The Hall–Kier alpha value is -2.41. The van der Waals surface area contributed by atoms with Crippen molar-refractivity contribution < 1.29 is 9.90 Å². The highest BCUT2D eigenvalue weighted by Crippen LogP contribution is 2.28. The Bertz CT molecular complexity index is 620. The minimum absolute atomic E-state index is 0.0434. The van der Waals surface area contributed by atoms with Crippen LogP contribution in [-0.2, 0) is 4.79 Å². The molecule has 0 unspecified atom stereocenters. The van der Waals surface area contributed by atoms with Gasteiger partial charge in [0.05, 0.1) is 42.7 Å². The van der Waals surface area contributed by atoms with E-state index in [0.29, 0.717) is 0 Å². The standard InChI is InChI=1S/C15H19N5O2/c21-14(5-4-11-8-17-9-18-11)19-12-2-1-3-13(15(12)22)20-7-6-16-10-20/h4-10,12-13,15,22H,1-3H2,(H,17,18)(H,19,21)/b5-4+/t12-,13-,15-/m1/s1. The fourth-order valence-corrected chi connectivity index (χ4v) is 2.86. The van der Waals surface area contributed by atoms with E-state index < -0.39 is 6.10 Å². The number of nitrogens with one attached hydrogen (secondary N) is 2. The van der Waals surface area contributed by atoms with Crippen molar-refractivity contribution in [2.75, 3.05) is 0 Å². The lowest BCUT2D eigenvalue weighted by Gasteiger charge is -2.35. The molecule has 1 fully saturated rings. The SMILES string of the molecule is O=C(/C=C/c1cnc[nH]1)N[C@@H]1CCC[C@@H](n2ccnc2)[C@@H]1O. The molecule has 7 nitrogen and oxygen atoms in total. The van der Waals surface area contributed by atoms with Crippen molar-refractivity contribution in [2.45, 2.75) is 37.5 Å². The molecular weight excluding hydrogens is 282 g/mol. The number of aliphatic hydroxyl groups excluding tert-OH is 1. The summed E-state index contributed by atoms with van der Waals surface area (Å²) in [5.41, 5.74) is 0.760. The summed E-state index contributed by atoms with van der Waals surface area (Å²) in [6, 6.07) is -0.293. The number of carbonyl (C=O) groups excluding carboxylic acids is 1. The third-order valence-corrected chi connectivity index (χ3v) is 3.99. The van der Waals surface area contributed by atoms with E-state index in [1.54, 1.807) is 31.1 Å². The van der Waals surface area contributed by atoms with Crippen LogP contribution in [-0.4, -0.2) is 42.7 Å². The maximum atomic E-state index is 12.0. The second-order valence-corrected chi connectivity index (χ2v) is 5.45. The Morgan fingerprint density at radius 3 is 3.09 bits per heavy atom. The molecule has 0 spiro atoms. The van der Waals surface area contributed by atoms with Crippen LogP contribution < -0.4 is 5.32 Å². The van der Waals surface area contributed by atoms with Crippen LogP contribution in [0.1, 0.15) is 31.0 Å². The molecule has 3 atom stereocenters. The topological polar surface area (TPSA) is 95.8 Å². The van der Waals surface area contributed by atoms with E-state index in [1.807, 2.05) is 10.8 Å². The Kier molecular flexibility index (Phi) is 4.34. The molecule has 22 heavy (non-hydrogen) atoms. The summed E-state index contributed by atoms with van der Waals surface area (Å²) in [4.78, 5) is 22.8. The van der Waals surface area contributed by atoms with Gasteiger partial charge in [0.2, 0.25) is 5.91 Å². The summed E-state index contributed by atoms with van der Waals surface area (Å²) < 4.78 is 1.91. The number of aromatic nitrogens is 4. The summed E-state index contributed by atoms with van der Waals surface area (Å²) in [6.45, 7) is 0. The zero-order valence-electron chi connectivity index (χ0n) is 12.1. The minimum Gasteiger partial charge on any atom is -0.389 e. The third-order valence-electron chi connectivity index (χ3n) is 3.99. The smallest absolute Gasteiger partial charge is 0.244 e. The first kappa shape index (κ1) is 14.5. The van der Waals surface area contributed by atoms with Gasteiger partial charge in [-0.25, -0.2) is 9.97 Å². The minimum atomic E-state index is -0.618. The van der Waals surface area contributed by atoms with Crippen molar-refractivity contribution in [2.24, 2.45) is 0 Å². The van der Waals surface area contributed by atoms with Crippen LogP contribution in [0.4, 0.5) is 0 Å². The molecule has 0 aliphatic heterocycles. The molecule has 2 aromatic heterocycles. The Morgan fingerprint density at radius 1 is 1.45 bits per heavy atom. The summed E-state index contributed by atoms with van der Waals surface area (Å²) >= 11 is 0. The van der Waals surface area contributed by atoms with Gasteiger partial charge in [0.15, 0.2) is 0 Å². The fraction of sp³-hybridized carbons (Fsp3) is 0.400. The van der Waals surface area contributed by atoms with E-state index in [4.69, 9.17) is 0 Å². The van der Waals surface area contributed by atoms with Crippen LogP contribution in [0.5, 0.6) is 0 Å². The number of hydrogen-bond acceptors (Lipinski definition) is 4. The van der Waals surface area contributed by atoms with Gasteiger partial charge in [0, 0.05) is 18.5 Å². The number of aliphatic hydroxyl groups is 1. The number of nitrogens with zero attached hydrogens (tertiary/aromatic N) is 3. The van der Waals surface area contributed by atoms with Gasteiger partial charge in [-0.1, -0.05) is 0 Å². The Labute approximate surface area is 128 Å². The molecule has 1 amide bonds. The number of amides is 1. The van der Waals surface area contributed by atoms with Crippen molar-refractivity contribution in [1.82, 2.24) is 24.8 Å². The van der Waals surface area contributed by atoms with Crippen LogP contribution in [0.15, 0.2) is 37.3 Å². The van der Waals surface area contributed by atoms with Crippen molar-refractivity contribution in [3.05, 3.63) is 43.0 Å². The first-order valence-electron chi connectivity index (χ1n) is 7.36. The van der Waals surface area contributed by atoms with Gasteiger partial charge in [0.25, 0.3) is 0 Å². The number of hydrogen-bond donors (Lipinski definition) is 3. The van der Waals surface area contributed by atoms with E-state index in [0.717, 1.165) is 25.0 Å². The Morgan fingerprint density at radius 2 is 2.36 bits per heavy atom. The molecule has 1 aliphatic carbocycles. The summed E-state index contributed by atoms with van der Waals surface area (Å²) in [5.74, 6) is -0.218.